The third kappa shape index (κ3) is 5.66. The number of halogens is 2. The summed E-state index contributed by atoms with van der Waals surface area (Å²) in [5, 5.41) is 8.23. The molecule has 1 fully saturated rings. The lowest BCUT2D eigenvalue weighted by atomic mass is 9.96. The molecule has 2 N–H and O–H groups in total. The monoisotopic (exact) mass is 577 g/mol. The minimum atomic E-state index is -0.187. The van der Waals surface area contributed by atoms with Crippen LogP contribution in [0.2, 0.25) is 10.0 Å². The summed E-state index contributed by atoms with van der Waals surface area (Å²) in [7, 11) is 0. The molecule has 200 valence electrons. The molecule has 0 bridgehead atoms. The maximum absolute atomic E-state index is 12.9. The Bertz CT molecular complexity index is 1540. The van der Waals surface area contributed by atoms with Crippen LogP contribution in [-0.2, 0) is 4.79 Å². The number of hydrogen-bond donors (Lipinski definition) is 2. The Morgan fingerprint density at radius 1 is 1.05 bits per heavy atom. The zero-order chi connectivity index (χ0) is 27.7. The summed E-state index contributed by atoms with van der Waals surface area (Å²) in [5.74, 6) is -0.0677. The third-order valence-electron chi connectivity index (χ3n) is 7.02. The number of pyridine rings is 1. The lowest BCUT2D eigenvalue weighted by Gasteiger charge is -2.28. The molecule has 0 saturated carbocycles. The topological polar surface area (TPSA) is 62.2 Å². The van der Waals surface area contributed by atoms with Crippen molar-refractivity contribution >= 4 is 52.1 Å². The zero-order valence-corrected chi connectivity index (χ0v) is 24.2. The van der Waals surface area contributed by atoms with Gasteiger partial charge in [-0.1, -0.05) is 41.4 Å². The molecular formula is C30H29Cl2N5OS. The largest absolute Gasteiger partial charge is 0.352 e. The van der Waals surface area contributed by atoms with Crippen LogP contribution < -0.4 is 10.6 Å². The van der Waals surface area contributed by atoms with Crippen LogP contribution in [0, 0.1) is 20.8 Å². The van der Waals surface area contributed by atoms with Crippen LogP contribution >= 0.6 is 35.4 Å². The number of carbonyl (C=O) groups excluding carboxylic acids is 1. The Hall–Kier alpha value is -3.39. The molecule has 0 radical (unpaired) electrons. The maximum Gasteiger partial charge on any atom is 0.226 e. The standard InChI is InChI=1S/C30H29Cl2N5OS/c1-18-7-6-8-22(15-18)34-27(38)12-14-36-29(28(35-30(36)39)25-9-4-5-13-33-25)23-16-19(2)37(20(23)3)26-11-10-21(31)17-24(26)32/h4-11,13,15-17,28-29H,12,14H2,1-3H3,(H,34,38)(H,35,39)/t28-,29-/m0/s1. The van der Waals surface area contributed by atoms with Gasteiger partial charge in [0.25, 0.3) is 0 Å². The molecule has 3 heterocycles. The quantitative estimate of drug-likeness (QED) is 0.229. The van der Waals surface area contributed by atoms with Crippen molar-refractivity contribution in [1.29, 1.82) is 0 Å². The van der Waals surface area contributed by atoms with Gasteiger partial charge in [0.2, 0.25) is 5.91 Å². The van der Waals surface area contributed by atoms with Gasteiger partial charge in [0, 0.05) is 41.3 Å². The van der Waals surface area contributed by atoms with Gasteiger partial charge in [0.1, 0.15) is 0 Å². The number of nitrogens with one attached hydrogen (secondary N) is 2. The first-order valence-electron chi connectivity index (χ1n) is 12.7. The summed E-state index contributed by atoms with van der Waals surface area (Å²) in [6.07, 6.45) is 2.06. The fourth-order valence-corrected chi connectivity index (χ4v) is 6.10. The number of thiocarbonyl (C=S) groups is 1. The van der Waals surface area contributed by atoms with Gasteiger partial charge in [-0.2, -0.15) is 0 Å². The van der Waals surface area contributed by atoms with E-state index in [0.29, 0.717) is 21.7 Å². The Balaban J connectivity index is 1.48. The van der Waals surface area contributed by atoms with Crippen LogP contribution in [0.5, 0.6) is 0 Å². The highest BCUT2D eigenvalue weighted by molar-refractivity contribution is 7.80. The van der Waals surface area contributed by atoms with E-state index in [-0.39, 0.29) is 24.4 Å². The Kier molecular flexibility index (Phi) is 7.93. The highest BCUT2D eigenvalue weighted by atomic mass is 35.5. The van der Waals surface area contributed by atoms with Crippen molar-refractivity contribution in [2.75, 3.05) is 11.9 Å². The number of hydrogen-bond acceptors (Lipinski definition) is 3. The van der Waals surface area contributed by atoms with E-state index >= 15 is 0 Å². The maximum atomic E-state index is 12.9. The number of rotatable bonds is 7. The minimum absolute atomic E-state index is 0.0677. The van der Waals surface area contributed by atoms with Crippen molar-refractivity contribution in [3.63, 3.8) is 0 Å². The first-order valence-corrected chi connectivity index (χ1v) is 13.9. The average Bonchev–Trinajstić information content (AvgIpc) is 3.38. The van der Waals surface area contributed by atoms with Crippen molar-refractivity contribution in [1.82, 2.24) is 19.8 Å². The van der Waals surface area contributed by atoms with Crippen LogP contribution in [0.1, 0.15) is 46.7 Å². The summed E-state index contributed by atoms with van der Waals surface area (Å²) in [6.45, 7) is 6.58. The molecule has 5 rings (SSSR count). The molecule has 2 aromatic heterocycles. The van der Waals surface area contributed by atoms with Gasteiger partial charge in [-0.3, -0.25) is 9.78 Å². The van der Waals surface area contributed by atoms with Crippen molar-refractivity contribution in [2.24, 2.45) is 0 Å². The molecule has 39 heavy (non-hydrogen) atoms. The molecule has 1 saturated heterocycles. The smallest absolute Gasteiger partial charge is 0.226 e. The Morgan fingerprint density at radius 3 is 2.59 bits per heavy atom. The normalized spacial score (nSPS) is 16.8. The molecule has 0 aliphatic carbocycles. The third-order valence-corrected chi connectivity index (χ3v) is 7.91. The van der Waals surface area contributed by atoms with Crippen LogP contribution in [-0.4, -0.2) is 32.0 Å². The van der Waals surface area contributed by atoms with E-state index in [4.69, 9.17) is 35.4 Å². The molecular weight excluding hydrogens is 549 g/mol. The fourth-order valence-electron chi connectivity index (χ4n) is 5.27. The first-order chi connectivity index (χ1) is 18.7. The van der Waals surface area contributed by atoms with Gasteiger partial charge >= 0.3 is 0 Å². The van der Waals surface area contributed by atoms with E-state index in [0.717, 1.165) is 39.6 Å². The molecule has 6 nitrogen and oxygen atoms in total. The second-order valence-electron chi connectivity index (χ2n) is 9.75. The molecule has 0 unspecified atom stereocenters. The number of anilines is 1. The molecule has 1 aliphatic heterocycles. The summed E-state index contributed by atoms with van der Waals surface area (Å²) < 4.78 is 2.13. The minimum Gasteiger partial charge on any atom is -0.352 e. The molecule has 9 heteroatoms. The number of aryl methyl sites for hydroxylation is 2. The average molecular weight is 579 g/mol. The van der Waals surface area contributed by atoms with Crippen LogP contribution in [0.3, 0.4) is 0 Å². The van der Waals surface area contributed by atoms with E-state index in [2.05, 4.69) is 45.0 Å². The number of aromatic nitrogens is 2. The van der Waals surface area contributed by atoms with Gasteiger partial charge in [0.15, 0.2) is 5.11 Å². The highest BCUT2D eigenvalue weighted by Gasteiger charge is 2.41. The van der Waals surface area contributed by atoms with E-state index in [1.165, 1.54) is 0 Å². The number of amides is 1. The molecule has 2 aromatic carbocycles. The van der Waals surface area contributed by atoms with Crippen molar-refractivity contribution in [3.05, 3.63) is 111 Å². The van der Waals surface area contributed by atoms with Crippen molar-refractivity contribution in [2.45, 2.75) is 39.3 Å². The predicted molar refractivity (Wildman–Crippen MR) is 162 cm³/mol. The molecule has 4 aromatic rings. The number of carbonyl (C=O) groups is 1. The Labute approximate surface area is 244 Å². The van der Waals surface area contributed by atoms with Crippen LogP contribution in [0.25, 0.3) is 5.69 Å². The first kappa shape index (κ1) is 27.2. The second-order valence-corrected chi connectivity index (χ2v) is 11.0. The van der Waals surface area contributed by atoms with Gasteiger partial charge in [0.05, 0.1) is 28.5 Å². The summed E-state index contributed by atoms with van der Waals surface area (Å²) in [6, 6.07) is 21.0. The van der Waals surface area contributed by atoms with Crippen LogP contribution in [0.15, 0.2) is 72.9 Å². The van der Waals surface area contributed by atoms with E-state index in [1.54, 1.807) is 12.3 Å². The van der Waals surface area contributed by atoms with E-state index in [1.807, 2.05) is 61.5 Å². The van der Waals surface area contributed by atoms with Gasteiger partial charge in [-0.25, -0.2) is 0 Å². The summed E-state index contributed by atoms with van der Waals surface area (Å²) >= 11 is 18.6. The lowest BCUT2D eigenvalue weighted by Crippen LogP contribution is -2.32. The Morgan fingerprint density at radius 2 is 1.87 bits per heavy atom. The molecule has 0 spiro atoms. The number of benzene rings is 2. The van der Waals surface area contributed by atoms with Crippen molar-refractivity contribution < 1.29 is 4.79 Å². The van der Waals surface area contributed by atoms with Gasteiger partial charge in [-0.05, 0) is 92.6 Å². The van der Waals surface area contributed by atoms with Crippen LogP contribution in [0.4, 0.5) is 5.69 Å². The molecule has 1 aliphatic rings. The lowest BCUT2D eigenvalue weighted by molar-refractivity contribution is -0.116. The fraction of sp³-hybridized carbons (Fsp3) is 0.233. The van der Waals surface area contributed by atoms with Crippen molar-refractivity contribution in [3.8, 4) is 5.69 Å². The SMILES string of the molecule is Cc1cccc(NC(=O)CCN2C(=S)N[C@@H](c3ccccn3)[C@@H]2c2cc(C)n(-c3ccc(Cl)cc3Cl)c2C)c1. The van der Waals surface area contributed by atoms with E-state index < -0.39 is 0 Å². The highest BCUT2D eigenvalue weighted by Crippen LogP contribution is 2.42. The summed E-state index contributed by atoms with van der Waals surface area (Å²) in [4.78, 5) is 19.6. The summed E-state index contributed by atoms with van der Waals surface area (Å²) in [5.41, 5.74) is 6.76. The van der Waals surface area contributed by atoms with E-state index in [9.17, 15) is 4.79 Å². The number of nitrogens with zero attached hydrogens (tertiary/aromatic N) is 3. The molecule has 2 atom stereocenters. The zero-order valence-electron chi connectivity index (χ0n) is 21.9. The van der Waals surface area contributed by atoms with Gasteiger partial charge < -0.3 is 20.1 Å². The van der Waals surface area contributed by atoms with Gasteiger partial charge in [-0.15, -0.1) is 0 Å². The predicted octanol–water partition coefficient (Wildman–Crippen LogP) is 7.11. The molecule has 1 amide bonds. The second kappa shape index (κ2) is 11.4.